The molecule has 104 valence electrons. The molecule has 17 heavy (non-hydrogen) atoms. The first-order valence-corrected chi connectivity index (χ1v) is 6.33. The van der Waals surface area contributed by atoms with Crippen LogP contribution in [-0.2, 0) is 4.74 Å². The molecule has 0 bridgehead atoms. The fourth-order valence-corrected chi connectivity index (χ4v) is 1.47. The number of hydrogen-bond acceptors (Lipinski definition) is 2. The Morgan fingerprint density at radius 3 is 2.47 bits per heavy atom. The molecule has 0 fully saturated rings. The third-order valence-electron chi connectivity index (χ3n) is 2.51. The second kappa shape index (κ2) is 9.71. The zero-order valence-electron chi connectivity index (χ0n) is 10.8. The van der Waals surface area contributed by atoms with Crippen LogP contribution in [0.5, 0.6) is 0 Å². The van der Waals surface area contributed by atoms with E-state index < -0.39 is 12.6 Å². The van der Waals surface area contributed by atoms with E-state index in [1.165, 1.54) is 19.3 Å². The monoisotopic (exact) mass is 255 g/mol. The van der Waals surface area contributed by atoms with Crippen LogP contribution < -0.4 is 5.32 Å². The van der Waals surface area contributed by atoms with Crippen LogP contribution in [0.3, 0.4) is 0 Å². The van der Waals surface area contributed by atoms with Gasteiger partial charge in [0, 0.05) is 12.6 Å². The SMILES string of the molecule is CCCCCC(C)NCCOCCC(F)(F)F. The summed E-state index contributed by atoms with van der Waals surface area (Å²) in [7, 11) is 0. The third kappa shape index (κ3) is 13.6. The predicted octanol–water partition coefficient (Wildman–Crippen LogP) is 3.51. The summed E-state index contributed by atoms with van der Waals surface area (Å²) in [6, 6.07) is 0.410. The van der Waals surface area contributed by atoms with Crippen molar-refractivity contribution in [2.75, 3.05) is 19.8 Å². The summed E-state index contributed by atoms with van der Waals surface area (Å²) in [6.07, 6.45) is -0.239. The maximum absolute atomic E-state index is 11.8. The van der Waals surface area contributed by atoms with Gasteiger partial charge in [0.1, 0.15) is 0 Å². The minimum atomic E-state index is -4.11. The average molecular weight is 255 g/mol. The maximum Gasteiger partial charge on any atom is 0.391 e. The number of nitrogens with one attached hydrogen (secondary N) is 1. The van der Waals surface area contributed by atoms with Crippen molar-refractivity contribution >= 4 is 0 Å². The summed E-state index contributed by atoms with van der Waals surface area (Å²) < 4.78 is 40.2. The van der Waals surface area contributed by atoms with Crippen LogP contribution in [-0.4, -0.2) is 32.0 Å². The van der Waals surface area contributed by atoms with Crippen molar-refractivity contribution in [1.82, 2.24) is 5.32 Å². The second-order valence-electron chi connectivity index (χ2n) is 4.33. The van der Waals surface area contributed by atoms with E-state index in [1.807, 2.05) is 0 Å². The van der Waals surface area contributed by atoms with E-state index in [2.05, 4.69) is 19.2 Å². The normalized spacial score (nSPS) is 13.9. The van der Waals surface area contributed by atoms with E-state index in [1.54, 1.807) is 0 Å². The van der Waals surface area contributed by atoms with Gasteiger partial charge in [-0.25, -0.2) is 0 Å². The Bertz CT molecular complexity index is 174. The average Bonchev–Trinajstić information content (AvgIpc) is 2.22. The standard InChI is InChI=1S/C12H24F3NO/c1-3-4-5-6-11(2)16-8-10-17-9-7-12(13,14)15/h11,16H,3-10H2,1-2H3. The van der Waals surface area contributed by atoms with Crippen molar-refractivity contribution in [3.63, 3.8) is 0 Å². The van der Waals surface area contributed by atoms with E-state index >= 15 is 0 Å². The minimum absolute atomic E-state index is 0.241. The Morgan fingerprint density at radius 1 is 1.18 bits per heavy atom. The number of rotatable bonds is 10. The molecule has 0 aliphatic rings. The molecule has 0 aliphatic carbocycles. The topological polar surface area (TPSA) is 21.3 Å². The number of unbranched alkanes of at least 4 members (excludes halogenated alkanes) is 2. The molecule has 5 heteroatoms. The molecule has 0 aliphatic heterocycles. The fourth-order valence-electron chi connectivity index (χ4n) is 1.47. The molecule has 1 atom stereocenters. The van der Waals surface area contributed by atoms with Crippen molar-refractivity contribution in [3.05, 3.63) is 0 Å². The Hall–Kier alpha value is -0.290. The predicted molar refractivity (Wildman–Crippen MR) is 63.1 cm³/mol. The maximum atomic E-state index is 11.8. The zero-order chi connectivity index (χ0) is 13.1. The van der Waals surface area contributed by atoms with Gasteiger partial charge in [0.05, 0.1) is 19.6 Å². The van der Waals surface area contributed by atoms with Crippen LogP contribution in [0.15, 0.2) is 0 Å². The molecule has 0 aromatic carbocycles. The first kappa shape index (κ1) is 16.7. The van der Waals surface area contributed by atoms with Gasteiger partial charge in [-0.2, -0.15) is 13.2 Å². The van der Waals surface area contributed by atoms with E-state index in [9.17, 15) is 13.2 Å². The van der Waals surface area contributed by atoms with Crippen molar-refractivity contribution < 1.29 is 17.9 Å². The number of ether oxygens (including phenoxy) is 1. The van der Waals surface area contributed by atoms with Gasteiger partial charge < -0.3 is 10.1 Å². The Balaban J connectivity index is 3.22. The van der Waals surface area contributed by atoms with E-state index in [4.69, 9.17) is 4.74 Å². The summed E-state index contributed by atoms with van der Waals surface area (Å²) in [5, 5.41) is 3.23. The second-order valence-corrected chi connectivity index (χ2v) is 4.33. The Kier molecular flexibility index (Phi) is 9.55. The lowest BCUT2D eigenvalue weighted by Crippen LogP contribution is -2.29. The summed E-state index contributed by atoms with van der Waals surface area (Å²) >= 11 is 0. The molecule has 1 N–H and O–H groups in total. The van der Waals surface area contributed by atoms with Gasteiger partial charge in [0.15, 0.2) is 0 Å². The first-order valence-electron chi connectivity index (χ1n) is 6.33. The highest BCUT2D eigenvalue weighted by atomic mass is 19.4. The highest BCUT2D eigenvalue weighted by Gasteiger charge is 2.26. The quantitative estimate of drug-likeness (QED) is 0.603. The smallest absolute Gasteiger partial charge is 0.380 e. The van der Waals surface area contributed by atoms with Gasteiger partial charge in [-0.05, 0) is 13.3 Å². The van der Waals surface area contributed by atoms with Crippen molar-refractivity contribution in [1.29, 1.82) is 0 Å². The van der Waals surface area contributed by atoms with Crippen molar-refractivity contribution in [3.8, 4) is 0 Å². The molecule has 0 radical (unpaired) electrons. The van der Waals surface area contributed by atoms with Crippen molar-refractivity contribution in [2.24, 2.45) is 0 Å². The Morgan fingerprint density at radius 2 is 1.88 bits per heavy atom. The molecule has 0 amide bonds. The summed E-state index contributed by atoms with van der Waals surface area (Å²) in [5.41, 5.74) is 0. The lowest BCUT2D eigenvalue weighted by Gasteiger charge is -2.13. The number of alkyl halides is 3. The van der Waals surface area contributed by atoms with E-state index in [0.717, 1.165) is 6.42 Å². The van der Waals surface area contributed by atoms with Gasteiger partial charge >= 0.3 is 6.18 Å². The number of hydrogen-bond donors (Lipinski definition) is 1. The van der Waals surface area contributed by atoms with Crippen LogP contribution in [0.4, 0.5) is 13.2 Å². The minimum Gasteiger partial charge on any atom is -0.380 e. The fraction of sp³-hybridized carbons (Fsp3) is 1.00. The summed E-state index contributed by atoms with van der Waals surface area (Å²) in [4.78, 5) is 0. The summed E-state index contributed by atoms with van der Waals surface area (Å²) in [6.45, 7) is 4.96. The van der Waals surface area contributed by atoms with Gasteiger partial charge in [0.2, 0.25) is 0 Å². The Labute approximate surface area is 102 Å². The van der Waals surface area contributed by atoms with Gasteiger partial charge in [-0.3, -0.25) is 0 Å². The van der Waals surface area contributed by atoms with Crippen LogP contribution in [0.1, 0.15) is 46.0 Å². The molecule has 1 unspecified atom stereocenters. The first-order chi connectivity index (χ1) is 7.95. The molecular formula is C12H24F3NO. The zero-order valence-corrected chi connectivity index (χ0v) is 10.8. The highest BCUT2D eigenvalue weighted by molar-refractivity contribution is 4.60. The van der Waals surface area contributed by atoms with Gasteiger partial charge in [-0.15, -0.1) is 0 Å². The molecule has 0 rings (SSSR count). The lowest BCUT2D eigenvalue weighted by molar-refractivity contribution is -0.145. The van der Waals surface area contributed by atoms with Crippen LogP contribution in [0.25, 0.3) is 0 Å². The van der Waals surface area contributed by atoms with Crippen LogP contribution in [0, 0.1) is 0 Å². The van der Waals surface area contributed by atoms with Gasteiger partial charge in [-0.1, -0.05) is 26.2 Å². The molecule has 2 nitrogen and oxygen atoms in total. The largest absolute Gasteiger partial charge is 0.391 e. The number of halogens is 3. The van der Waals surface area contributed by atoms with Crippen molar-refractivity contribution in [2.45, 2.75) is 58.2 Å². The molecule has 0 heterocycles. The molecule has 0 saturated carbocycles. The lowest BCUT2D eigenvalue weighted by atomic mass is 10.1. The van der Waals surface area contributed by atoms with Crippen LogP contribution in [0.2, 0.25) is 0 Å². The molecule has 0 saturated heterocycles. The highest BCUT2D eigenvalue weighted by Crippen LogP contribution is 2.18. The summed E-state index contributed by atoms with van der Waals surface area (Å²) in [5.74, 6) is 0. The molecule has 0 aromatic rings. The van der Waals surface area contributed by atoms with Crippen LogP contribution >= 0.6 is 0 Å². The van der Waals surface area contributed by atoms with E-state index in [-0.39, 0.29) is 6.61 Å². The molecular weight excluding hydrogens is 231 g/mol. The third-order valence-corrected chi connectivity index (χ3v) is 2.51. The molecule has 0 aromatic heterocycles. The van der Waals surface area contributed by atoms with E-state index in [0.29, 0.717) is 19.2 Å². The van der Waals surface area contributed by atoms with Gasteiger partial charge in [0.25, 0.3) is 0 Å². The molecule has 0 spiro atoms.